The number of halogens is 4. The van der Waals surface area contributed by atoms with Gasteiger partial charge in [-0.15, -0.1) is 0 Å². The van der Waals surface area contributed by atoms with Gasteiger partial charge in [-0.05, 0) is 31.6 Å². The minimum absolute atomic E-state index is 0.483. The standard InChI is InChI=1S/C17H18F4O2/c1-5-6-10-16(3,4)17(10,15(22)23)7-9-13(20)11(18)8(2)12(19)14(9)21/h5-6,10H,7H2,1-4H3,(H,22,23). The molecule has 0 heterocycles. The summed E-state index contributed by atoms with van der Waals surface area (Å²) in [5, 5.41) is 9.61. The third-order valence-electron chi connectivity index (χ3n) is 5.17. The van der Waals surface area contributed by atoms with E-state index in [1.165, 1.54) is 0 Å². The highest BCUT2D eigenvalue weighted by atomic mass is 19.2. The first-order valence-corrected chi connectivity index (χ1v) is 7.21. The fourth-order valence-electron chi connectivity index (χ4n) is 3.54. The number of allylic oxidation sites excluding steroid dienone is 2. The van der Waals surface area contributed by atoms with Gasteiger partial charge >= 0.3 is 5.97 Å². The summed E-state index contributed by atoms with van der Waals surface area (Å²) in [5.41, 5.74) is -3.90. The zero-order chi connectivity index (χ0) is 17.7. The molecule has 1 aromatic rings. The molecule has 0 aliphatic heterocycles. The van der Waals surface area contributed by atoms with Gasteiger partial charge in [-0.1, -0.05) is 26.0 Å². The molecule has 0 spiro atoms. The van der Waals surface area contributed by atoms with E-state index in [9.17, 15) is 27.5 Å². The van der Waals surface area contributed by atoms with Crippen molar-refractivity contribution in [2.45, 2.75) is 34.1 Å². The van der Waals surface area contributed by atoms with Crippen LogP contribution in [0.5, 0.6) is 0 Å². The Bertz CT molecular complexity index is 680. The zero-order valence-corrected chi connectivity index (χ0v) is 13.3. The van der Waals surface area contributed by atoms with Crippen molar-refractivity contribution >= 4 is 5.97 Å². The molecule has 0 radical (unpaired) electrons. The molecule has 2 nitrogen and oxygen atoms in total. The molecule has 2 atom stereocenters. The van der Waals surface area contributed by atoms with Crippen molar-refractivity contribution in [3.05, 3.63) is 46.5 Å². The quantitative estimate of drug-likeness (QED) is 0.505. The number of aliphatic carboxylic acids is 1. The number of carbonyl (C=O) groups is 1. The predicted molar refractivity (Wildman–Crippen MR) is 76.9 cm³/mol. The molecule has 126 valence electrons. The monoisotopic (exact) mass is 330 g/mol. The van der Waals surface area contributed by atoms with Crippen molar-refractivity contribution in [1.29, 1.82) is 0 Å². The van der Waals surface area contributed by atoms with Crippen LogP contribution in [0, 0.1) is 46.9 Å². The number of rotatable bonds is 4. The Morgan fingerprint density at radius 2 is 1.61 bits per heavy atom. The summed E-state index contributed by atoms with van der Waals surface area (Å²) in [5.74, 6) is -7.75. The second-order valence-electron chi connectivity index (χ2n) is 6.54. The van der Waals surface area contributed by atoms with Crippen LogP contribution in [0.4, 0.5) is 17.6 Å². The van der Waals surface area contributed by atoms with Gasteiger partial charge in [0.2, 0.25) is 0 Å². The summed E-state index contributed by atoms with van der Waals surface area (Å²) in [6, 6.07) is 0. The Morgan fingerprint density at radius 1 is 1.13 bits per heavy atom. The van der Waals surface area contributed by atoms with Gasteiger partial charge in [0.05, 0.1) is 5.41 Å². The molecule has 1 aromatic carbocycles. The van der Waals surface area contributed by atoms with E-state index in [0.29, 0.717) is 0 Å². The molecule has 2 rings (SSSR count). The minimum Gasteiger partial charge on any atom is -0.481 e. The van der Waals surface area contributed by atoms with Crippen molar-refractivity contribution in [2.75, 3.05) is 0 Å². The number of benzene rings is 1. The summed E-state index contributed by atoms with van der Waals surface area (Å²) in [6.07, 6.45) is 2.68. The molecule has 1 fully saturated rings. The lowest BCUT2D eigenvalue weighted by atomic mass is 9.87. The van der Waals surface area contributed by atoms with Crippen LogP contribution in [0.3, 0.4) is 0 Å². The van der Waals surface area contributed by atoms with Gasteiger partial charge in [-0.25, -0.2) is 17.6 Å². The van der Waals surface area contributed by atoms with E-state index in [-0.39, 0.29) is 0 Å². The SMILES string of the molecule is CC=CC1C(C)(C)C1(Cc1c(F)c(F)c(C)c(F)c1F)C(=O)O. The summed E-state index contributed by atoms with van der Waals surface area (Å²) in [6.45, 7) is 5.94. The van der Waals surface area contributed by atoms with Crippen molar-refractivity contribution < 1.29 is 27.5 Å². The molecule has 1 N–H and O–H groups in total. The van der Waals surface area contributed by atoms with Gasteiger partial charge in [0.25, 0.3) is 0 Å². The van der Waals surface area contributed by atoms with E-state index in [2.05, 4.69) is 0 Å². The zero-order valence-electron chi connectivity index (χ0n) is 13.3. The molecule has 0 saturated heterocycles. The highest BCUT2D eigenvalue weighted by Crippen LogP contribution is 2.71. The van der Waals surface area contributed by atoms with Crippen molar-refractivity contribution in [3.8, 4) is 0 Å². The summed E-state index contributed by atoms with van der Waals surface area (Å²) in [7, 11) is 0. The topological polar surface area (TPSA) is 37.3 Å². The van der Waals surface area contributed by atoms with Crippen molar-refractivity contribution in [3.63, 3.8) is 0 Å². The van der Waals surface area contributed by atoms with Crippen molar-refractivity contribution in [2.24, 2.45) is 16.7 Å². The normalized spacial score (nSPS) is 25.8. The van der Waals surface area contributed by atoms with E-state index < -0.39 is 63.5 Å². The summed E-state index contributed by atoms with van der Waals surface area (Å²) < 4.78 is 55.6. The maximum atomic E-state index is 14.1. The van der Waals surface area contributed by atoms with Crippen LogP contribution < -0.4 is 0 Å². The van der Waals surface area contributed by atoms with E-state index in [0.717, 1.165) is 6.92 Å². The minimum atomic E-state index is -1.52. The molecule has 2 unspecified atom stereocenters. The highest BCUT2D eigenvalue weighted by molar-refractivity contribution is 5.82. The predicted octanol–water partition coefficient (Wildman–Crippen LogP) is 4.40. The molecule has 6 heteroatoms. The highest BCUT2D eigenvalue weighted by Gasteiger charge is 2.74. The molecule has 1 aliphatic carbocycles. The number of hydrogen-bond donors (Lipinski definition) is 1. The Labute approximate surface area is 131 Å². The van der Waals surface area contributed by atoms with Gasteiger partial charge in [0.1, 0.15) is 0 Å². The largest absolute Gasteiger partial charge is 0.481 e. The lowest BCUT2D eigenvalue weighted by Gasteiger charge is -2.17. The van der Waals surface area contributed by atoms with Crippen molar-refractivity contribution in [1.82, 2.24) is 0 Å². The van der Waals surface area contributed by atoms with Gasteiger partial charge in [-0.3, -0.25) is 4.79 Å². The summed E-state index contributed by atoms with van der Waals surface area (Å²) >= 11 is 0. The van der Waals surface area contributed by atoms with Crippen LogP contribution >= 0.6 is 0 Å². The average molecular weight is 330 g/mol. The van der Waals surface area contributed by atoms with Gasteiger partial charge in [0, 0.05) is 11.1 Å². The lowest BCUT2D eigenvalue weighted by Crippen LogP contribution is -2.26. The molecular formula is C17H18F4O2. The molecule has 1 saturated carbocycles. The average Bonchev–Trinajstić information content (AvgIpc) is 2.96. The van der Waals surface area contributed by atoms with E-state index in [1.54, 1.807) is 32.9 Å². The first-order chi connectivity index (χ1) is 10.5. The Balaban J connectivity index is 2.60. The fourth-order valence-corrected chi connectivity index (χ4v) is 3.54. The molecular weight excluding hydrogens is 312 g/mol. The van der Waals surface area contributed by atoms with Gasteiger partial charge in [-0.2, -0.15) is 0 Å². The number of hydrogen-bond acceptors (Lipinski definition) is 1. The maximum absolute atomic E-state index is 14.1. The third-order valence-corrected chi connectivity index (χ3v) is 5.17. The molecule has 1 aliphatic rings. The second-order valence-corrected chi connectivity index (χ2v) is 6.54. The second kappa shape index (κ2) is 5.35. The first-order valence-electron chi connectivity index (χ1n) is 7.21. The Morgan fingerprint density at radius 3 is 2.00 bits per heavy atom. The van der Waals surface area contributed by atoms with Gasteiger partial charge in [0.15, 0.2) is 23.3 Å². The van der Waals surface area contributed by atoms with Crippen LogP contribution in [0.2, 0.25) is 0 Å². The fraction of sp³-hybridized carbons (Fsp3) is 0.471. The smallest absolute Gasteiger partial charge is 0.311 e. The number of carboxylic acid groups (broad SMARTS) is 1. The maximum Gasteiger partial charge on any atom is 0.311 e. The van der Waals surface area contributed by atoms with Crippen LogP contribution in [0.1, 0.15) is 31.9 Å². The Hall–Kier alpha value is -1.85. The lowest BCUT2D eigenvalue weighted by molar-refractivity contribution is -0.145. The molecule has 0 amide bonds. The van der Waals surface area contributed by atoms with E-state index in [1.807, 2.05) is 0 Å². The molecule has 0 aromatic heterocycles. The van der Waals surface area contributed by atoms with Crippen LogP contribution in [0.15, 0.2) is 12.2 Å². The molecule has 0 bridgehead atoms. The van der Waals surface area contributed by atoms with Crippen LogP contribution in [-0.2, 0) is 11.2 Å². The van der Waals surface area contributed by atoms with Gasteiger partial charge < -0.3 is 5.11 Å². The summed E-state index contributed by atoms with van der Waals surface area (Å²) in [4.78, 5) is 11.8. The van der Waals surface area contributed by atoms with Crippen LogP contribution in [-0.4, -0.2) is 11.1 Å². The van der Waals surface area contributed by atoms with E-state index in [4.69, 9.17) is 0 Å². The first kappa shape index (κ1) is 17.5. The Kier molecular flexibility index (Phi) is 4.07. The van der Waals surface area contributed by atoms with Crippen LogP contribution in [0.25, 0.3) is 0 Å². The third kappa shape index (κ3) is 2.18. The molecule has 23 heavy (non-hydrogen) atoms. The van der Waals surface area contributed by atoms with E-state index >= 15 is 0 Å². The number of carboxylic acids is 1.